The standard InChI is InChI=1S/C23H33N3O2/c1-23(2,3)19-11-9-18(10-12-19)20-15-25-21(26-20)13-14-24-22(27)28-16-17-7-5-4-6-8-17/h9-12,15,17H,4-8,13-14,16H2,1-3H3,(H,24,27)(H,25,26). The topological polar surface area (TPSA) is 67.0 Å². The van der Waals surface area contributed by atoms with Crippen LogP contribution in [-0.4, -0.2) is 29.2 Å². The summed E-state index contributed by atoms with van der Waals surface area (Å²) in [6.07, 6.45) is 8.37. The molecule has 1 saturated carbocycles. The fraction of sp³-hybridized carbons (Fsp3) is 0.565. The number of nitrogens with zero attached hydrogens (tertiary/aromatic N) is 1. The van der Waals surface area contributed by atoms with Crippen LogP contribution in [0.15, 0.2) is 30.5 Å². The van der Waals surface area contributed by atoms with Gasteiger partial charge in [-0.15, -0.1) is 0 Å². The molecule has 0 radical (unpaired) electrons. The third-order valence-corrected chi connectivity index (χ3v) is 5.50. The maximum absolute atomic E-state index is 11.9. The van der Waals surface area contributed by atoms with E-state index >= 15 is 0 Å². The average molecular weight is 384 g/mol. The maximum Gasteiger partial charge on any atom is 0.407 e. The van der Waals surface area contributed by atoms with Crippen LogP contribution in [0.1, 0.15) is 64.3 Å². The zero-order valence-corrected chi connectivity index (χ0v) is 17.4. The molecular weight excluding hydrogens is 350 g/mol. The summed E-state index contributed by atoms with van der Waals surface area (Å²) in [7, 11) is 0. The van der Waals surface area contributed by atoms with E-state index in [9.17, 15) is 4.79 Å². The fourth-order valence-corrected chi connectivity index (χ4v) is 3.67. The smallest absolute Gasteiger partial charge is 0.407 e. The summed E-state index contributed by atoms with van der Waals surface area (Å²) in [6, 6.07) is 8.58. The lowest BCUT2D eigenvalue weighted by Crippen LogP contribution is -2.28. The van der Waals surface area contributed by atoms with Crippen molar-refractivity contribution in [3.63, 3.8) is 0 Å². The third kappa shape index (κ3) is 5.85. The highest BCUT2D eigenvalue weighted by Gasteiger charge is 2.16. The zero-order chi connectivity index (χ0) is 20.0. The maximum atomic E-state index is 11.9. The molecule has 1 amide bonds. The van der Waals surface area contributed by atoms with Gasteiger partial charge >= 0.3 is 6.09 Å². The van der Waals surface area contributed by atoms with Crippen LogP contribution in [0.2, 0.25) is 0 Å². The van der Waals surface area contributed by atoms with Gasteiger partial charge in [0, 0.05) is 13.0 Å². The number of rotatable bonds is 6. The minimum Gasteiger partial charge on any atom is -0.449 e. The SMILES string of the molecule is CC(C)(C)c1ccc(-c2cnc(CCNC(=O)OCC3CCCCC3)[nH]2)cc1. The van der Waals surface area contributed by atoms with E-state index in [1.165, 1.54) is 37.7 Å². The Balaban J connectivity index is 1.42. The molecule has 0 atom stereocenters. The second-order valence-corrected chi connectivity index (χ2v) is 8.85. The normalized spacial score (nSPS) is 15.4. The van der Waals surface area contributed by atoms with E-state index in [2.05, 4.69) is 60.3 Å². The number of imidazole rings is 1. The van der Waals surface area contributed by atoms with Crippen LogP contribution in [0.25, 0.3) is 11.3 Å². The summed E-state index contributed by atoms with van der Waals surface area (Å²) in [4.78, 5) is 19.6. The Bertz CT molecular complexity index is 753. The Morgan fingerprint density at radius 3 is 2.57 bits per heavy atom. The molecule has 0 saturated heterocycles. The van der Waals surface area contributed by atoms with Gasteiger partial charge in [-0.2, -0.15) is 0 Å². The van der Waals surface area contributed by atoms with Gasteiger partial charge in [0.25, 0.3) is 0 Å². The molecule has 1 aliphatic carbocycles. The van der Waals surface area contributed by atoms with Crippen molar-refractivity contribution >= 4 is 6.09 Å². The predicted molar refractivity (Wildman–Crippen MR) is 112 cm³/mol. The highest BCUT2D eigenvalue weighted by Crippen LogP contribution is 2.25. The first-order valence-corrected chi connectivity index (χ1v) is 10.5. The molecule has 1 aliphatic rings. The number of amides is 1. The van der Waals surface area contributed by atoms with E-state index in [-0.39, 0.29) is 11.5 Å². The van der Waals surface area contributed by atoms with E-state index in [1.54, 1.807) is 0 Å². The Hall–Kier alpha value is -2.30. The lowest BCUT2D eigenvalue weighted by molar-refractivity contribution is 0.116. The first-order valence-electron chi connectivity index (χ1n) is 10.5. The van der Waals surface area contributed by atoms with Gasteiger partial charge in [0.2, 0.25) is 0 Å². The van der Waals surface area contributed by atoms with Crippen molar-refractivity contribution in [3.05, 3.63) is 41.9 Å². The number of hydrogen-bond acceptors (Lipinski definition) is 3. The number of hydrogen-bond donors (Lipinski definition) is 2. The van der Waals surface area contributed by atoms with Gasteiger partial charge in [-0.3, -0.25) is 0 Å². The second kappa shape index (κ2) is 9.26. The molecule has 152 valence electrons. The van der Waals surface area contributed by atoms with Crippen molar-refractivity contribution in [2.45, 2.75) is 64.7 Å². The van der Waals surface area contributed by atoms with Gasteiger partial charge in [0.1, 0.15) is 5.82 Å². The molecule has 5 heteroatoms. The third-order valence-electron chi connectivity index (χ3n) is 5.50. The van der Waals surface area contributed by atoms with Gasteiger partial charge in [-0.1, -0.05) is 64.3 Å². The van der Waals surface area contributed by atoms with E-state index in [4.69, 9.17) is 4.74 Å². The summed E-state index contributed by atoms with van der Waals surface area (Å²) < 4.78 is 5.35. The molecule has 0 aliphatic heterocycles. The van der Waals surface area contributed by atoms with Crippen molar-refractivity contribution in [2.75, 3.05) is 13.2 Å². The molecule has 2 N–H and O–H groups in total. The molecule has 0 bridgehead atoms. The Labute approximate surface area is 168 Å². The van der Waals surface area contributed by atoms with E-state index < -0.39 is 0 Å². The summed E-state index contributed by atoms with van der Waals surface area (Å²) in [5.41, 5.74) is 3.57. The Morgan fingerprint density at radius 1 is 1.18 bits per heavy atom. The highest BCUT2D eigenvalue weighted by atomic mass is 16.5. The number of H-pyrrole nitrogens is 1. The number of aromatic nitrogens is 2. The second-order valence-electron chi connectivity index (χ2n) is 8.85. The van der Waals surface area contributed by atoms with Gasteiger partial charge in [0.15, 0.2) is 0 Å². The molecule has 1 aromatic heterocycles. The molecule has 28 heavy (non-hydrogen) atoms. The van der Waals surface area contributed by atoms with Crippen molar-refractivity contribution in [1.82, 2.24) is 15.3 Å². The van der Waals surface area contributed by atoms with Crippen molar-refractivity contribution in [1.29, 1.82) is 0 Å². The molecule has 1 heterocycles. The summed E-state index contributed by atoms with van der Waals surface area (Å²) in [5, 5.41) is 2.82. The van der Waals surface area contributed by atoms with E-state index in [1.807, 2.05) is 6.20 Å². The van der Waals surface area contributed by atoms with Gasteiger partial charge in [-0.05, 0) is 35.3 Å². The van der Waals surface area contributed by atoms with Crippen LogP contribution >= 0.6 is 0 Å². The molecule has 0 unspecified atom stereocenters. The summed E-state index contributed by atoms with van der Waals surface area (Å²) in [5.74, 6) is 1.40. The number of carbonyl (C=O) groups excluding carboxylic acids is 1. The van der Waals surface area contributed by atoms with Gasteiger partial charge in [-0.25, -0.2) is 9.78 Å². The number of nitrogens with one attached hydrogen (secondary N) is 2. The van der Waals surface area contributed by atoms with Crippen molar-refractivity contribution < 1.29 is 9.53 Å². The lowest BCUT2D eigenvalue weighted by atomic mass is 9.86. The molecule has 1 fully saturated rings. The molecule has 5 nitrogen and oxygen atoms in total. The number of alkyl carbamates (subject to hydrolysis) is 1. The minimum atomic E-state index is -0.324. The molecule has 0 spiro atoms. The number of benzene rings is 1. The predicted octanol–water partition coefficient (Wildman–Crippen LogP) is 5.22. The van der Waals surface area contributed by atoms with Crippen molar-refractivity contribution in [2.24, 2.45) is 5.92 Å². The zero-order valence-electron chi connectivity index (χ0n) is 17.4. The first kappa shape index (κ1) is 20.4. The molecule has 3 rings (SSSR count). The Morgan fingerprint density at radius 2 is 1.89 bits per heavy atom. The van der Waals surface area contributed by atoms with Crippen LogP contribution < -0.4 is 5.32 Å². The van der Waals surface area contributed by atoms with Crippen LogP contribution in [0.5, 0.6) is 0 Å². The minimum absolute atomic E-state index is 0.148. The fourth-order valence-electron chi connectivity index (χ4n) is 3.67. The van der Waals surface area contributed by atoms with Crippen LogP contribution in [0.3, 0.4) is 0 Å². The average Bonchev–Trinajstić information content (AvgIpc) is 3.15. The van der Waals surface area contributed by atoms with Crippen LogP contribution in [-0.2, 0) is 16.6 Å². The monoisotopic (exact) mass is 383 g/mol. The quantitative estimate of drug-likeness (QED) is 0.718. The largest absolute Gasteiger partial charge is 0.449 e. The first-order chi connectivity index (χ1) is 13.4. The summed E-state index contributed by atoms with van der Waals surface area (Å²) in [6.45, 7) is 7.69. The van der Waals surface area contributed by atoms with E-state index in [0.717, 1.165) is 17.1 Å². The van der Waals surface area contributed by atoms with Crippen LogP contribution in [0.4, 0.5) is 4.79 Å². The highest BCUT2D eigenvalue weighted by molar-refractivity contribution is 5.67. The summed E-state index contributed by atoms with van der Waals surface area (Å²) >= 11 is 0. The van der Waals surface area contributed by atoms with Crippen molar-refractivity contribution in [3.8, 4) is 11.3 Å². The van der Waals surface area contributed by atoms with Gasteiger partial charge in [0.05, 0.1) is 18.5 Å². The number of ether oxygens (including phenoxy) is 1. The molecular formula is C23H33N3O2. The van der Waals surface area contributed by atoms with Crippen LogP contribution in [0, 0.1) is 5.92 Å². The van der Waals surface area contributed by atoms with Gasteiger partial charge < -0.3 is 15.0 Å². The Kier molecular flexibility index (Phi) is 6.76. The molecule has 2 aromatic rings. The number of carbonyl (C=O) groups is 1. The number of aromatic amines is 1. The lowest BCUT2D eigenvalue weighted by Gasteiger charge is -2.21. The molecule has 1 aromatic carbocycles. The van der Waals surface area contributed by atoms with E-state index in [0.29, 0.717) is 25.5 Å².